The molecule has 2 aromatic rings. The summed E-state index contributed by atoms with van der Waals surface area (Å²) < 4.78 is 34.7. The summed E-state index contributed by atoms with van der Waals surface area (Å²) in [5.74, 6) is 0.436. The van der Waals surface area contributed by atoms with Crippen LogP contribution in [0.1, 0.15) is 67.4 Å². The number of hydrogen-bond acceptors (Lipinski definition) is 6. The third-order valence-electron chi connectivity index (χ3n) is 8.96. The summed E-state index contributed by atoms with van der Waals surface area (Å²) in [5, 5.41) is 5.23. The Morgan fingerprint density at radius 1 is 1.14 bits per heavy atom. The minimum Gasteiger partial charge on any atom is -0.459 e. The highest BCUT2D eigenvalue weighted by molar-refractivity contribution is 7.89. The van der Waals surface area contributed by atoms with Gasteiger partial charge in [-0.25, -0.2) is 18.4 Å². The Hall–Kier alpha value is -2.97. The molecule has 3 aliphatic rings. The second-order valence-electron chi connectivity index (χ2n) is 11.1. The van der Waals surface area contributed by atoms with Crippen molar-refractivity contribution in [1.82, 2.24) is 0 Å². The van der Waals surface area contributed by atoms with Gasteiger partial charge in [-0.3, -0.25) is 4.79 Å². The molecule has 2 N–H and O–H groups in total. The number of carbonyl (C=O) groups is 2. The van der Waals surface area contributed by atoms with Crippen LogP contribution in [0.4, 0.5) is 0 Å². The number of ether oxygens (including phenoxy) is 2. The van der Waals surface area contributed by atoms with Crippen molar-refractivity contribution in [2.24, 2.45) is 22.4 Å². The van der Waals surface area contributed by atoms with E-state index in [1.54, 1.807) is 6.07 Å². The molecule has 2 fully saturated rings. The Morgan fingerprint density at radius 3 is 2.62 bits per heavy atom. The van der Waals surface area contributed by atoms with Crippen molar-refractivity contribution in [2.75, 3.05) is 0 Å². The summed E-state index contributed by atoms with van der Waals surface area (Å²) in [7, 11) is -3.91. The number of benzene rings is 2. The number of sulfonamides is 1. The first kappa shape index (κ1) is 25.7. The molecule has 2 saturated carbocycles. The molecule has 0 radical (unpaired) electrons. The molecule has 0 spiro atoms. The molecule has 2 unspecified atom stereocenters. The molecule has 0 bridgehead atoms. The van der Waals surface area contributed by atoms with Crippen molar-refractivity contribution >= 4 is 22.0 Å². The summed E-state index contributed by atoms with van der Waals surface area (Å²) in [6.45, 7) is 7.98. The van der Waals surface area contributed by atoms with Gasteiger partial charge in [0.05, 0.1) is 10.5 Å². The fourth-order valence-electron chi connectivity index (χ4n) is 7.33. The van der Waals surface area contributed by atoms with Crippen molar-refractivity contribution in [3.63, 3.8) is 0 Å². The molecule has 0 aliphatic heterocycles. The molecule has 37 heavy (non-hydrogen) atoms. The SMILES string of the molecule is C=C[C@]12CC[C@]3(C)C[C@@H](OC(=O)c4cccc(S(N)(=O)=O)c4)CC3C1CCc1cc(OC(C)=O)ccc12. The van der Waals surface area contributed by atoms with Crippen LogP contribution >= 0.6 is 0 Å². The van der Waals surface area contributed by atoms with Crippen molar-refractivity contribution in [2.45, 2.75) is 68.8 Å². The molecule has 0 heterocycles. The zero-order chi connectivity index (χ0) is 26.6. The molecule has 0 aromatic heterocycles. The van der Waals surface area contributed by atoms with E-state index in [0.29, 0.717) is 17.6 Å². The largest absolute Gasteiger partial charge is 0.459 e. The lowest BCUT2D eigenvalue weighted by atomic mass is 9.49. The number of nitrogens with two attached hydrogens (primary N) is 1. The van der Waals surface area contributed by atoms with Gasteiger partial charge < -0.3 is 9.47 Å². The first-order chi connectivity index (χ1) is 17.4. The molecule has 0 amide bonds. The summed E-state index contributed by atoms with van der Waals surface area (Å²) >= 11 is 0. The second-order valence-corrected chi connectivity index (χ2v) is 12.7. The number of aryl methyl sites for hydroxylation is 1. The number of carbonyl (C=O) groups excluding carboxylic acids is 2. The van der Waals surface area contributed by atoms with E-state index in [-0.39, 0.29) is 33.4 Å². The Balaban J connectivity index is 1.38. The van der Waals surface area contributed by atoms with E-state index in [0.717, 1.165) is 38.5 Å². The van der Waals surface area contributed by atoms with E-state index in [4.69, 9.17) is 14.6 Å². The van der Waals surface area contributed by atoms with Gasteiger partial charge in [0.1, 0.15) is 11.9 Å². The third kappa shape index (κ3) is 4.50. The lowest BCUT2D eigenvalue weighted by Gasteiger charge is -2.55. The van der Waals surface area contributed by atoms with Crippen molar-refractivity contribution in [1.29, 1.82) is 0 Å². The zero-order valence-electron chi connectivity index (χ0n) is 21.2. The smallest absolute Gasteiger partial charge is 0.338 e. The predicted octanol–water partition coefficient (Wildman–Crippen LogP) is 4.68. The maximum Gasteiger partial charge on any atom is 0.338 e. The van der Waals surface area contributed by atoms with Crippen LogP contribution in [0.5, 0.6) is 5.75 Å². The molecule has 3 aliphatic carbocycles. The van der Waals surface area contributed by atoms with Gasteiger partial charge in [-0.15, -0.1) is 6.58 Å². The first-order valence-corrected chi connectivity index (χ1v) is 14.3. The lowest BCUT2D eigenvalue weighted by molar-refractivity contribution is -0.131. The van der Waals surface area contributed by atoms with Gasteiger partial charge in [0.15, 0.2) is 0 Å². The molecule has 5 rings (SSSR count). The molecule has 2 aromatic carbocycles. The van der Waals surface area contributed by atoms with E-state index in [1.807, 2.05) is 12.1 Å². The maximum absolute atomic E-state index is 13.0. The monoisotopic (exact) mass is 523 g/mol. The summed E-state index contributed by atoms with van der Waals surface area (Å²) in [4.78, 5) is 24.3. The van der Waals surface area contributed by atoms with E-state index in [2.05, 4.69) is 25.6 Å². The minimum absolute atomic E-state index is 0.0414. The van der Waals surface area contributed by atoms with Crippen LogP contribution in [-0.2, 0) is 31.4 Å². The Bertz CT molecular complexity index is 1380. The highest BCUT2D eigenvalue weighted by Gasteiger charge is 2.58. The van der Waals surface area contributed by atoms with Crippen LogP contribution in [0.15, 0.2) is 60.0 Å². The van der Waals surface area contributed by atoms with E-state index in [9.17, 15) is 18.0 Å². The maximum atomic E-state index is 13.0. The van der Waals surface area contributed by atoms with Crippen LogP contribution in [0.25, 0.3) is 0 Å². The molecule has 196 valence electrons. The summed E-state index contributed by atoms with van der Waals surface area (Å²) in [6, 6.07) is 11.6. The van der Waals surface area contributed by atoms with Gasteiger partial charge in [0, 0.05) is 12.3 Å². The van der Waals surface area contributed by atoms with Crippen LogP contribution < -0.4 is 9.88 Å². The van der Waals surface area contributed by atoms with Gasteiger partial charge in [0.2, 0.25) is 10.0 Å². The van der Waals surface area contributed by atoms with E-state index in [1.165, 1.54) is 36.2 Å². The fourth-order valence-corrected chi connectivity index (χ4v) is 7.89. The third-order valence-corrected chi connectivity index (χ3v) is 9.87. The van der Waals surface area contributed by atoms with Gasteiger partial charge in [-0.1, -0.05) is 25.1 Å². The molecular formula is C29H33NO6S. The fraction of sp³-hybridized carbons (Fsp3) is 0.448. The average molecular weight is 524 g/mol. The molecule has 8 heteroatoms. The van der Waals surface area contributed by atoms with Gasteiger partial charge in [-0.2, -0.15) is 0 Å². The minimum atomic E-state index is -3.91. The lowest BCUT2D eigenvalue weighted by Crippen LogP contribution is -2.49. The topological polar surface area (TPSA) is 113 Å². The summed E-state index contributed by atoms with van der Waals surface area (Å²) in [6.07, 6.45) is 7.24. The number of allylic oxidation sites excluding steroid dienone is 1. The van der Waals surface area contributed by atoms with E-state index >= 15 is 0 Å². The molecular weight excluding hydrogens is 490 g/mol. The Kier molecular flexibility index (Phi) is 6.31. The van der Waals surface area contributed by atoms with Crippen LogP contribution in [-0.4, -0.2) is 26.5 Å². The highest BCUT2D eigenvalue weighted by atomic mass is 32.2. The zero-order valence-corrected chi connectivity index (χ0v) is 22.1. The second kappa shape index (κ2) is 9.10. The molecule has 7 nitrogen and oxygen atoms in total. The van der Waals surface area contributed by atoms with Gasteiger partial charge >= 0.3 is 11.9 Å². The normalized spacial score (nSPS) is 30.4. The van der Waals surface area contributed by atoms with Crippen molar-refractivity contribution in [3.05, 3.63) is 71.8 Å². The van der Waals surface area contributed by atoms with Crippen LogP contribution in [0, 0.1) is 17.3 Å². The predicted molar refractivity (Wildman–Crippen MR) is 139 cm³/mol. The van der Waals surface area contributed by atoms with Crippen LogP contribution in [0.3, 0.4) is 0 Å². The number of esters is 2. The van der Waals surface area contributed by atoms with Crippen molar-refractivity contribution < 1.29 is 27.5 Å². The Morgan fingerprint density at radius 2 is 1.92 bits per heavy atom. The average Bonchev–Trinajstić information content (AvgIpc) is 3.18. The van der Waals surface area contributed by atoms with Crippen molar-refractivity contribution in [3.8, 4) is 5.75 Å². The number of primary sulfonamides is 1. The van der Waals surface area contributed by atoms with Gasteiger partial charge in [-0.05, 0) is 97.2 Å². The Labute approximate surface area is 218 Å². The van der Waals surface area contributed by atoms with E-state index < -0.39 is 16.0 Å². The highest BCUT2D eigenvalue weighted by Crippen LogP contribution is 2.64. The number of hydrogen-bond donors (Lipinski definition) is 1. The molecule has 0 saturated heterocycles. The van der Waals surface area contributed by atoms with Gasteiger partial charge in [0.25, 0.3) is 0 Å². The standard InChI is InChI=1S/C29H33NO6S/c1-4-29-13-12-28(3)17-22(36-27(32)20-6-5-7-23(15-20)37(30,33)34)16-26(28)25(29)10-8-19-14-21(35-18(2)31)9-11-24(19)29/h4-7,9,11,14-15,22,25-26H,1,8,10,12-13,16-17H2,2-3H3,(H2,30,33,34)/t22-,25?,26?,28+,29+/m0/s1. The van der Waals surface area contributed by atoms with Crippen LogP contribution in [0.2, 0.25) is 0 Å². The quantitative estimate of drug-likeness (QED) is 0.346. The number of fused-ring (bicyclic) bond motifs is 5. The number of rotatable bonds is 5. The summed E-state index contributed by atoms with van der Waals surface area (Å²) in [5.41, 5.74) is 2.52. The first-order valence-electron chi connectivity index (χ1n) is 12.7. The molecule has 5 atom stereocenters.